The molecule has 0 bridgehead atoms. The number of ketones is 1. The smallest absolute Gasteiger partial charge is 0.301 e. The molecule has 9 heteroatoms. The van der Waals surface area contributed by atoms with E-state index in [9.17, 15) is 14.7 Å². The highest BCUT2D eigenvalue weighted by Gasteiger charge is 2.48. The third kappa shape index (κ3) is 4.85. The van der Waals surface area contributed by atoms with E-state index in [2.05, 4.69) is 4.98 Å². The van der Waals surface area contributed by atoms with Gasteiger partial charge in [0.15, 0.2) is 5.13 Å². The number of anilines is 1. The van der Waals surface area contributed by atoms with Crippen LogP contribution in [0.3, 0.4) is 0 Å². The lowest BCUT2D eigenvalue weighted by Crippen LogP contribution is -2.29. The molecule has 1 saturated heterocycles. The zero-order valence-electron chi connectivity index (χ0n) is 20.8. The zero-order valence-corrected chi connectivity index (χ0v) is 22.4. The third-order valence-electron chi connectivity index (χ3n) is 6.08. The molecule has 1 amide bonds. The van der Waals surface area contributed by atoms with E-state index in [1.165, 1.54) is 16.2 Å². The van der Waals surface area contributed by atoms with E-state index >= 15 is 0 Å². The molecular weight excluding hydrogens is 524 g/mol. The van der Waals surface area contributed by atoms with Gasteiger partial charge in [-0.15, -0.1) is 0 Å². The van der Waals surface area contributed by atoms with Crippen LogP contribution in [0.2, 0.25) is 5.02 Å². The largest absolute Gasteiger partial charge is 0.507 e. The summed E-state index contributed by atoms with van der Waals surface area (Å²) in [6, 6.07) is 18.3. The first kappa shape index (κ1) is 25.8. The molecule has 7 nitrogen and oxygen atoms in total. The molecule has 194 valence electrons. The highest BCUT2D eigenvalue weighted by atomic mass is 35.5. The maximum atomic E-state index is 13.5. The van der Waals surface area contributed by atoms with E-state index < -0.39 is 17.7 Å². The van der Waals surface area contributed by atoms with E-state index in [1.54, 1.807) is 60.7 Å². The van der Waals surface area contributed by atoms with Crippen LogP contribution in [0.4, 0.5) is 5.13 Å². The summed E-state index contributed by atoms with van der Waals surface area (Å²) in [5.41, 5.74) is 1.64. The molecular formula is C29H25ClN2O5S. The SMILES string of the molecule is CCCOc1cccc(C2C(=C(O)c3ccc(OCC)cc3)C(=O)C(=O)N2c2nc3ccc(Cl)cc3s2)c1. The number of benzene rings is 3. The third-order valence-corrected chi connectivity index (χ3v) is 7.33. The van der Waals surface area contributed by atoms with Gasteiger partial charge in [-0.3, -0.25) is 14.5 Å². The van der Waals surface area contributed by atoms with Crippen LogP contribution in [0.15, 0.2) is 72.3 Å². The van der Waals surface area contributed by atoms with Crippen LogP contribution in [-0.2, 0) is 9.59 Å². The maximum absolute atomic E-state index is 13.5. The molecule has 38 heavy (non-hydrogen) atoms. The van der Waals surface area contributed by atoms with Crippen LogP contribution < -0.4 is 14.4 Å². The Balaban J connectivity index is 1.67. The number of hydrogen-bond donors (Lipinski definition) is 1. The number of aromatic nitrogens is 1. The molecule has 0 radical (unpaired) electrons. The van der Waals surface area contributed by atoms with Crippen molar-refractivity contribution in [1.29, 1.82) is 0 Å². The van der Waals surface area contributed by atoms with Gasteiger partial charge in [0.2, 0.25) is 0 Å². The second-order valence-electron chi connectivity index (χ2n) is 8.66. The Hall–Kier alpha value is -3.88. The topological polar surface area (TPSA) is 89.0 Å². The summed E-state index contributed by atoms with van der Waals surface area (Å²) >= 11 is 7.42. The predicted octanol–water partition coefficient (Wildman–Crippen LogP) is 6.76. The number of aliphatic hydroxyl groups is 1. The first-order valence-electron chi connectivity index (χ1n) is 12.2. The van der Waals surface area contributed by atoms with Crippen LogP contribution in [0.5, 0.6) is 11.5 Å². The number of halogens is 1. The second kappa shape index (κ2) is 10.8. The van der Waals surface area contributed by atoms with Gasteiger partial charge in [0.05, 0.1) is 35.0 Å². The van der Waals surface area contributed by atoms with Crippen LogP contribution in [0.1, 0.15) is 37.4 Å². The van der Waals surface area contributed by atoms with Crippen LogP contribution in [0.25, 0.3) is 16.0 Å². The minimum Gasteiger partial charge on any atom is -0.507 e. The lowest BCUT2D eigenvalue weighted by Gasteiger charge is -2.23. The maximum Gasteiger partial charge on any atom is 0.301 e. The van der Waals surface area contributed by atoms with Gasteiger partial charge in [0.25, 0.3) is 5.78 Å². The van der Waals surface area contributed by atoms with Crippen molar-refractivity contribution in [3.63, 3.8) is 0 Å². The quantitative estimate of drug-likeness (QED) is 0.149. The predicted molar refractivity (Wildman–Crippen MR) is 149 cm³/mol. The summed E-state index contributed by atoms with van der Waals surface area (Å²) in [5.74, 6) is -0.601. The molecule has 1 aromatic heterocycles. The highest BCUT2D eigenvalue weighted by Crippen LogP contribution is 2.45. The van der Waals surface area contributed by atoms with Crippen molar-refractivity contribution < 1.29 is 24.2 Å². The summed E-state index contributed by atoms with van der Waals surface area (Å²) < 4.78 is 12.1. The van der Waals surface area contributed by atoms with Gasteiger partial charge >= 0.3 is 5.91 Å². The van der Waals surface area contributed by atoms with Gasteiger partial charge in [-0.05, 0) is 73.5 Å². The number of Topliss-reactive ketones (excluding diaryl/α,β-unsaturated/α-hetero) is 1. The summed E-state index contributed by atoms with van der Waals surface area (Å²) in [6.07, 6.45) is 0.828. The molecule has 0 spiro atoms. The summed E-state index contributed by atoms with van der Waals surface area (Å²) in [4.78, 5) is 32.9. The van der Waals surface area contributed by atoms with Crippen molar-refractivity contribution >= 4 is 55.7 Å². The fourth-order valence-corrected chi connectivity index (χ4v) is 5.63. The summed E-state index contributed by atoms with van der Waals surface area (Å²) in [6.45, 7) is 4.91. The first-order valence-corrected chi connectivity index (χ1v) is 13.4. The highest BCUT2D eigenvalue weighted by molar-refractivity contribution is 7.22. The Morgan fingerprint density at radius 2 is 1.82 bits per heavy atom. The van der Waals surface area contributed by atoms with Crippen LogP contribution in [-0.4, -0.2) is 35.0 Å². The number of fused-ring (bicyclic) bond motifs is 1. The molecule has 4 aromatic rings. The molecule has 1 unspecified atom stereocenters. The molecule has 0 aliphatic carbocycles. The fourth-order valence-electron chi connectivity index (χ4n) is 4.36. The zero-order chi connectivity index (χ0) is 26.8. The monoisotopic (exact) mass is 548 g/mol. The Morgan fingerprint density at radius 3 is 2.55 bits per heavy atom. The Kier molecular flexibility index (Phi) is 7.35. The first-order chi connectivity index (χ1) is 18.4. The number of rotatable bonds is 8. The summed E-state index contributed by atoms with van der Waals surface area (Å²) in [5, 5.41) is 12.3. The number of hydrogen-bond acceptors (Lipinski definition) is 7. The van der Waals surface area contributed by atoms with E-state index in [0.29, 0.717) is 51.5 Å². The number of aliphatic hydroxyl groups excluding tert-OH is 1. The number of amides is 1. The Labute approximate surface area is 228 Å². The van der Waals surface area contributed by atoms with Gasteiger partial charge in [-0.1, -0.05) is 42.0 Å². The van der Waals surface area contributed by atoms with Gasteiger partial charge in [0.1, 0.15) is 17.3 Å². The molecule has 3 aromatic carbocycles. The molecule has 1 aliphatic rings. The minimum absolute atomic E-state index is 0.0240. The van der Waals surface area contributed by atoms with E-state index in [-0.39, 0.29) is 11.3 Å². The standard InChI is InChI=1S/C29H25ClN2O5S/c1-3-14-37-21-7-5-6-18(15-21)25-24(26(33)17-8-11-20(12-9-17)36-4-2)27(34)28(35)32(25)29-31-22-13-10-19(30)16-23(22)38-29/h5-13,15-16,25,33H,3-4,14H2,1-2H3. The molecule has 0 saturated carbocycles. The van der Waals surface area contributed by atoms with Crippen molar-refractivity contribution in [1.82, 2.24) is 4.98 Å². The lowest BCUT2D eigenvalue weighted by molar-refractivity contribution is -0.132. The van der Waals surface area contributed by atoms with Crippen molar-refractivity contribution in [3.8, 4) is 11.5 Å². The van der Waals surface area contributed by atoms with E-state index in [4.69, 9.17) is 21.1 Å². The van der Waals surface area contributed by atoms with Gasteiger partial charge in [-0.2, -0.15) is 0 Å². The molecule has 5 rings (SSSR count). The van der Waals surface area contributed by atoms with Crippen molar-refractivity contribution in [3.05, 3.63) is 88.5 Å². The molecule has 2 heterocycles. The molecule has 1 aliphatic heterocycles. The van der Waals surface area contributed by atoms with Gasteiger partial charge < -0.3 is 14.6 Å². The van der Waals surface area contributed by atoms with Gasteiger partial charge in [0, 0.05) is 10.6 Å². The summed E-state index contributed by atoms with van der Waals surface area (Å²) in [7, 11) is 0. The fraction of sp³-hybridized carbons (Fsp3) is 0.207. The number of nitrogens with zero attached hydrogens (tertiary/aromatic N) is 2. The number of carbonyl (C=O) groups is 2. The van der Waals surface area contributed by atoms with Crippen LogP contribution in [0, 0.1) is 0 Å². The van der Waals surface area contributed by atoms with Gasteiger partial charge in [-0.25, -0.2) is 4.98 Å². The normalized spacial score (nSPS) is 16.8. The van der Waals surface area contributed by atoms with Crippen LogP contribution >= 0.6 is 22.9 Å². The number of ether oxygens (including phenoxy) is 2. The second-order valence-corrected chi connectivity index (χ2v) is 10.1. The van der Waals surface area contributed by atoms with E-state index in [0.717, 1.165) is 11.1 Å². The average molecular weight is 549 g/mol. The van der Waals surface area contributed by atoms with E-state index in [1.807, 2.05) is 19.9 Å². The minimum atomic E-state index is -0.914. The lowest BCUT2D eigenvalue weighted by atomic mass is 9.95. The number of thiazole rings is 1. The number of carbonyl (C=O) groups excluding carboxylic acids is 2. The average Bonchev–Trinajstić information content (AvgIpc) is 3.45. The molecule has 1 atom stereocenters. The molecule has 1 fully saturated rings. The molecule has 1 N–H and O–H groups in total. The Bertz CT molecular complexity index is 1550. The van der Waals surface area contributed by atoms with Crippen molar-refractivity contribution in [2.24, 2.45) is 0 Å². The van der Waals surface area contributed by atoms with Crippen molar-refractivity contribution in [2.75, 3.05) is 18.1 Å². The van der Waals surface area contributed by atoms with Crippen molar-refractivity contribution in [2.45, 2.75) is 26.3 Å². The Morgan fingerprint density at radius 1 is 1.03 bits per heavy atom.